The molecule has 1 aliphatic heterocycles. The number of nitrogens with zero attached hydrogens (tertiary/aromatic N) is 1. The molecule has 1 aliphatic rings. The van der Waals surface area contributed by atoms with Crippen LogP contribution < -0.4 is 0 Å². The normalized spacial score (nSPS) is 20.4. The van der Waals surface area contributed by atoms with Gasteiger partial charge >= 0.3 is 0 Å². The van der Waals surface area contributed by atoms with Gasteiger partial charge in [0.15, 0.2) is 0 Å². The fourth-order valence-corrected chi connectivity index (χ4v) is 2.22. The molecule has 0 amide bonds. The summed E-state index contributed by atoms with van der Waals surface area (Å²) in [5.41, 5.74) is 0. The quantitative estimate of drug-likeness (QED) is 0.549. The van der Waals surface area contributed by atoms with Gasteiger partial charge in [0.25, 0.3) is 0 Å². The Hall–Kier alpha value is -0.200. The molecule has 0 saturated carbocycles. The summed E-state index contributed by atoms with van der Waals surface area (Å²) < 4.78 is 16.3. The van der Waals surface area contributed by atoms with Crippen LogP contribution >= 0.6 is 0 Å². The van der Waals surface area contributed by atoms with E-state index >= 15 is 0 Å². The van der Waals surface area contributed by atoms with Gasteiger partial charge in [0.2, 0.25) is 0 Å². The molecule has 0 bridgehead atoms. The number of ether oxygens (including phenoxy) is 3. The molecule has 0 radical (unpaired) electrons. The summed E-state index contributed by atoms with van der Waals surface area (Å²) >= 11 is 0. The summed E-state index contributed by atoms with van der Waals surface area (Å²) in [4.78, 5) is 2.26. The average molecular weight is 289 g/mol. The van der Waals surface area contributed by atoms with Crippen LogP contribution in [0.25, 0.3) is 0 Å². The number of aliphatic hydroxyl groups excluding tert-OH is 1. The van der Waals surface area contributed by atoms with Crippen molar-refractivity contribution in [3.05, 3.63) is 0 Å². The number of hydrogen-bond acceptors (Lipinski definition) is 5. The maximum absolute atomic E-state index is 9.54. The molecule has 0 aliphatic carbocycles. The Morgan fingerprint density at radius 3 is 2.30 bits per heavy atom. The lowest BCUT2D eigenvalue weighted by molar-refractivity contribution is 0.00390. The molecule has 1 rings (SSSR count). The highest BCUT2D eigenvalue weighted by atomic mass is 16.5. The molecule has 0 aromatic rings. The molecule has 0 spiro atoms. The second-order valence-electron chi connectivity index (χ2n) is 5.29. The summed E-state index contributed by atoms with van der Waals surface area (Å²) in [6.07, 6.45) is 4.16. The molecule has 5 heteroatoms. The second kappa shape index (κ2) is 12.5. The molecule has 20 heavy (non-hydrogen) atoms. The molecule has 5 nitrogen and oxygen atoms in total. The third-order valence-corrected chi connectivity index (χ3v) is 3.42. The molecule has 1 saturated heterocycles. The molecular weight excluding hydrogens is 258 g/mol. The maximum Gasteiger partial charge on any atom is 0.0701 e. The van der Waals surface area contributed by atoms with E-state index < -0.39 is 0 Å². The lowest BCUT2D eigenvalue weighted by atomic mass is 10.1. The SMILES string of the molecule is CCCCOCCOCCOCCN1CCCC(O)C1. The molecule has 0 aromatic heterocycles. The molecule has 120 valence electrons. The Morgan fingerprint density at radius 1 is 1.00 bits per heavy atom. The van der Waals surface area contributed by atoms with E-state index in [4.69, 9.17) is 14.2 Å². The first-order valence-electron chi connectivity index (χ1n) is 7.96. The van der Waals surface area contributed by atoms with Crippen LogP contribution in [0.5, 0.6) is 0 Å². The third kappa shape index (κ3) is 9.66. The molecule has 1 N–H and O–H groups in total. The number of β-amino-alcohol motifs (C(OH)–C–C–N with tert-alkyl or cyclic N) is 1. The van der Waals surface area contributed by atoms with E-state index in [2.05, 4.69) is 11.8 Å². The zero-order valence-corrected chi connectivity index (χ0v) is 12.9. The Bertz CT molecular complexity index is 216. The lowest BCUT2D eigenvalue weighted by Crippen LogP contribution is -2.40. The fourth-order valence-electron chi connectivity index (χ4n) is 2.22. The standard InChI is InChI=1S/C15H31NO4/c1-2-3-8-18-10-12-20-13-11-19-9-7-16-6-4-5-15(17)14-16/h15,17H,2-14H2,1H3. The van der Waals surface area contributed by atoms with Crippen molar-refractivity contribution >= 4 is 0 Å². The van der Waals surface area contributed by atoms with Crippen molar-refractivity contribution in [1.29, 1.82) is 0 Å². The van der Waals surface area contributed by atoms with Crippen molar-refractivity contribution in [1.82, 2.24) is 4.90 Å². The number of rotatable bonds is 12. The van der Waals surface area contributed by atoms with Crippen molar-refractivity contribution in [2.75, 3.05) is 59.3 Å². The number of piperidine rings is 1. The van der Waals surface area contributed by atoms with Crippen LogP contribution in [0.3, 0.4) is 0 Å². The van der Waals surface area contributed by atoms with Crippen LogP contribution in [-0.2, 0) is 14.2 Å². The Labute approximate surface area is 123 Å². The molecule has 1 heterocycles. The van der Waals surface area contributed by atoms with Crippen molar-refractivity contribution in [3.63, 3.8) is 0 Å². The molecule has 1 atom stereocenters. The zero-order chi connectivity index (χ0) is 14.5. The lowest BCUT2D eigenvalue weighted by Gasteiger charge is -2.29. The monoisotopic (exact) mass is 289 g/mol. The second-order valence-corrected chi connectivity index (χ2v) is 5.29. The predicted octanol–water partition coefficient (Wildman–Crippen LogP) is 1.29. The first-order valence-corrected chi connectivity index (χ1v) is 7.96. The van der Waals surface area contributed by atoms with Crippen LogP contribution in [0.1, 0.15) is 32.6 Å². The molecule has 1 fully saturated rings. The van der Waals surface area contributed by atoms with Crippen molar-refractivity contribution in [2.45, 2.75) is 38.7 Å². The van der Waals surface area contributed by atoms with Crippen LogP contribution in [0.2, 0.25) is 0 Å². The highest BCUT2D eigenvalue weighted by Gasteiger charge is 2.16. The summed E-state index contributed by atoms with van der Waals surface area (Å²) in [6, 6.07) is 0. The van der Waals surface area contributed by atoms with Crippen LogP contribution in [0, 0.1) is 0 Å². The van der Waals surface area contributed by atoms with E-state index in [1.165, 1.54) is 6.42 Å². The summed E-state index contributed by atoms with van der Waals surface area (Å²) in [5, 5.41) is 9.54. The van der Waals surface area contributed by atoms with Gasteiger partial charge in [-0.15, -0.1) is 0 Å². The van der Waals surface area contributed by atoms with E-state index in [1.54, 1.807) is 0 Å². The van der Waals surface area contributed by atoms with Gasteiger partial charge in [0, 0.05) is 19.7 Å². The van der Waals surface area contributed by atoms with Crippen molar-refractivity contribution < 1.29 is 19.3 Å². The Kier molecular flexibility index (Phi) is 11.2. The van der Waals surface area contributed by atoms with Gasteiger partial charge < -0.3 is 19.3 Å². The van der Waals surface area contributed by atoms with Gasteiger partial charge in [0.05, 0.1) is 39.1 Å². The van der Waals surface area contributed by atoms with Gasteiger partial charge in [-0.05, 0) is 25.8 Å². The summed E-state index contributed by atoms with van der Waals surface area (Å²) in [5.74, 6) is 0. The fraction of sp³-hybridized carbons (Fsp3) is 1.00. The molecule has 1 unspecified atom stereocenters. The van der Waals surface area contributed by atoms with Gasteiger partial charge in [-0.2, -0.15) is 0 Å². The van der Waals surface area contributed by atoms with E-state index in [0.29, 0.717) is 33.0 Å². The van der Waals surface area contributed by atoms with Gasteiger partial charge in [-0.1, -0.05) is 13.3 Å². The van der Waals surface area contributed by atoms with Gasteiger partial charge in [-0.3, -0.25) is 4.90 Å². The van der Waals surface area contributed by atoms with Gasteiger partial charge in [-0.25, -0.2) is 0 Å². The third-order valence-electron chi connectivity index (χ3n) is 3.42. The Balaban J connectivity index is 1.76. The topological polar surface area (TPSA) is 51.2 Å². The summed E-state index contributed by atoms with van der Waals surface area (Å²) in [6.45, 7) is 9.03. The van der Waals surface area contributed by atoms with Crippen LogP contribution in [0.15, 0.2) is 0 Å². The largest absolute Gasteiger partial charge is 0.392 e. The van der Waals surface area contributed by atoms with Crippen LogP contribution in [-0.4, -0.2) is 75.4 Å². The van der Waals surface area contributed by atoms with Gasteiger partial charge in [0.1, 0.15) is 0 Å². The highest BCUT2D eigenvalue weighted by Crippen LogP contribution is 2.08. The first kappa shape index (κ1) is 17.9. The average Bonchev–Trinajstić information content (AvgIpc) is 2.45. The van der Waals surface area contributed by atoms with Crippen molar-refractivity contribution in [2.24, 2.45) is 0 Å². The minimum Gasteiger partial charge on any atom is -0.392 e. The molecular formula is C15H31NO4. The minimum absolute atomic E-state index is 0.153. The van der Waals surface area contributed by atoms with E-state index in [9.17, 15) is 5.11 Å². The number of hydrogen-bond donors (Lipinski definition) is 1. The Morgan fingerprint density at radius 2 is 1.65 bits per heavy atom. The number of aliphatic hydroxyl groups is 1. The number of unbranched alkanes of at least 4 members (excludes halogenated alkanes) is 1. The number of likely N-dealkylation sites (tertiary alicyclic amines) is 1. The predicted molar refractivity (Wildman–Crippen MR) is 79.0 cm³/mol. The van der Waals surface area contributed by atoms with E-state index in [0.717, 1.165) is 45.5 Å². The first-order chi connectivity index (χ1) is 9.83. The zero-order valence-electron chi connectivity index (χ0n) is 12.9. The van der Waals surface area contributed by atoms with Crippen molar-refractivity contribution in [3.8, 4) is 0 Å². The van der Waals surface area contributed by atoms with Crippen LogP contribution in [0.4, 0.5) is 0 Å². The highest BCUT2D eigenvalue weighted by molar-refractivity contribution is 4.71. The summed E-state index contributed by atoms with van der Waals surface area (Å²) in [7, 11) is 0. The van der Waals surface area contributed by atoms with E-state index in [1.807, 2.05) is 0 Å². The van der Waals surface area contributed by atoms with E-state index in [-0.39, 0.29) is 6.10 Å². The maximum atomic E-state index is 9.54. The smallest absolute Gasteiger partial charge is 0.0701 e. The minimum atomic E-state index is -0.153. The molecule has 0 aromatic carbocycles.